The van der Waals surface area contributed by atoms with Crippen LogP contribution in [-0.2, 0) is 0 Å². The molecule has 0 saturated heterocycles. The summed E-state index contributed by atoms with van der Waals surface area (Å²) in [6, 6.07) is 0.519. The highest BCUT2D eigenvalue weighted by molar-refractivity contribution is 6.68. The van der Waals surface area contributed by atoms with E-state index in [-0.39, 0.29) is 0 Å². The molecule has 6 heteroatoms. The van der Waals surface area contributed by atoms with Crippen LogP contribution < -0.4 is 10.7 Å². The maximum atomic E-state index is 5.79. The third-order valence-corrected chi connectivity index (χ3v) is 2.97. The van der Waals surface area contributed by atoms with Crippen LogP contribution in [0.2, 0.25) is 0 Å². The van der Waals surface area contributed by atoms with Gasteiger partial charge in [-0.15, -0.1) is 9.74 Å². The lowest BCUT2D eigenvalue weighted by atomic mass is 9.95. The predicted molar refractivity (Wildman–Crippen MR) is 62.2 cm³/mol. The van der Waals surface area contributed by atoms with E-state index in [9.17, 15) is 0 Å². The lowest BCUT2D eigenvalue weighted by molar-refractivity contribution is 0.335. The molecule has 1 aliphatic carbocycles. The summed E-state index contributed by atoms with van der Waals surface area (Å²) in [5.41, 5.74) is 2.87. The van der Waals surface area contributed by atoms with Crippen molar-refractivity contribution < 1.29 is 0 Å². The number of allylic oxidation sites excluding steroid dienone is 1. The summed E-state index contributed by atoms with van der Waals surface area (Å²) in [7, 11) is 0. The Bertz CT molecular complexity index is 284. The van der Waals surface area contributed by atoms with Crippen molar-refractivity contribution >= 4 is 28.5 Å². The number of rotatable bonds is 2. The minimum atomic E-state index is 0.377. The Balaban J connectivity index is 1.91. The number of hydrogen-bond donors (Lipinski definition) is 2. The molecule has 4 nitrogen and oxygen atoms in total. The van der Waals surface area contributed by atoms with Crippen LogP contribution in [0.4, 0.5) is 0 Å². The summed E-state index contributed by atoms with van der Waals surface area (Å²) in [4.78, 5) is 0. The summed E-state index contributed by atoms with van der Waals surface area (Å²) >= 11 is 11.5. The smallest absolute Gasteiger partial charge is 0.156 e. The fourth-order valence-electron chi connectivity index (χ4n) is 1.93. The third-order valence-electron chi connectivity index (χ3n) is 2.62. The van der Waals surface area contributed by atoms with Crippen LogP contribution >= 0.6 is 23.4 Å². The van der Waals surface area contributed by atoms with Gasteiger partial charge < -0.3 is 5.32 Å². The van der Waals surface area contributed by atoms with Crippen LogP contribution in [0.3, 0.4) is 0 Å². The van der Waals surface area contributed by atoms with E-state index < -0.39 is 0 Å². The molecule has 0 aromatic carbocycles. The molecule has 1 fully saturated rings. The topological polar surface area (TPSA) is 39.7 Å². The Labute approximate surface area is 99.4 Å². The van der Waals surface area contributed by atoms with E-state index in [1.807, 2.05) is 0 Å². The van der Waals surface area contributed by atoms with E-state index in [1.165, 1.54) is 32.1 Å². The van der Waals surface area contributed by atoms with E-state index in [0.29, 0.717) is 11.2 Å². The molecule has 0 aromatic heterocycles. The van der Waals surface area contributed by atoms with E-state index in [1.54, 1.807) is 6.08 Å². The maximum absolute atomic E-state index is 5.79. The average molecular weight is 249 g/mol. The number of hydrogen-bond acceptors (Lipinski definition) is 4. The lowest BCUT2D eigenvalue weighted by Gasteiger charge is -2.28. The Hall–Kier alpha value is -0.610. The zero-order valence-corrected chi connectivity index (χ0v) is 9.85. The second-order valence-electron chi connectivity index (χ2n) is 3.83. The fraction of sp³-hybridized carbons (Fsp3) is 0.667. The molecule has 1 aliphatic heterocycles. The molecule has 0 amide bonds. The molecule has 15 heavy (non-hydrogen) atoms. The SMILES string of the molecule is ClC1=NN(Cl)NC(NC2CCCCC2)=C1. The lowest BCUT2D eigenvalue weighted by Crippen LogP contribution is -2.41. The quantitative estimate of drug-likeness (QED) is 0.737. The zero-order chi connectivity index (χ0) is 10.7. The van der Waals surface area contributed by atoms with Crippen molar-refractivity contribution in [2.45, 2.75) is 38.1 Å². The van der Waals surface area contributed by atoms with Gasteiger partial charge in [0, 0.05) is 12.1 Å². The van der Waals surface area contributed by atoms with E-state index in [0.717, 1.165) is 10.5 Å². The average Bonchev–Trinajstić information content (AvgIpc) is 2.17. The highest BCUT2D eigenvalue weighted by atomic mass is 35.5. The van der Waals surface area contributed by atoms with Crippen LogP contribution in [-0.4, -0.2) is 15.8 Å². The highest BCUT2D eigenvalue weighted by Crippen LogP contribution is 2.18. The van der Waals surface area contributed by atoms with E-state index in [2.05, 4.69) is 15.8 Å². The van der Waals surface area contributed by atoms with Crippen molar-refractivity contribution in [1.29, 1.82) is 0 Å². The minimum absolute atomic E-state index is 0.377. The minimum Gasteiger partial charge on any atom is -0.368 e. The molecular weight excluding hydrogens is 235 g/mol. The first-order valence-corrected chi connectivity index (χ1v) is 5.90. The van der Waals surface area contributed by atoms with Gasteiger partial charge in [0.15, 0.2) is 5.17 Å². The largest absolute Gasteiger partial charge is 0.368 e. The summed E-state index contributed by atoms with van der Waals surface area (Å²) in [6.45, 7) is 0. The third kappa shape index (κ3) is 3.18. The van der Waals surface area contributed by atoms with Gasteiger partial charge in [0.1, 0.15) is 5.82 Å². The predicted octanol–water partition coefficient (Wildman–Crippen LogP) is 2.28. The van der Waals surface area contributed by atoms with Crippen LogP contribution in [0.15, 0.2) is 17.0 Å². The summed E-state index contributed by atoms with van der Waals surface area (Å²) in [5.74, 6) is 0.817. The second kappa shape index (κ2) is 4.94. The Morgan fingerprint density at radius 3 is 2.80 bits per heavy atom. The van der Waals surface area contributed by atoms with Crippen molar-refractivity contribution in [3.05, 3.63) is 11.9 Å². The normalized spacial score (nSPS) is 22.9. The van der Waals surface area contributed by atoms with E-state index in [4.69, 9.17) is 23.4 Å². The van der Waals surface area contributed by atoms with Crippen LogP contribution in [0.5, 0.6) is 0 Å². The highest BCUT2D eigenvalue weighted by Gasteiger charge is 2.16. The molecule has 2 rings (SSSR count). The molecular formula is C9H14Cl2N4. The monoisotopic (exact) mass is 248 g/mol. The Kier molecular flexibility index (Phi) is 3.59. The molecule has 1 heterocycles. The van der Waals surface area contributed by atoms with Gasteiger partial charge in [0.05, 0.1) is 11.8 Å². The van der Waals surface area contributed by atoms with Gasteiger partial charge in [-0.2, -0.15) is 0 Å². The summed E-state index contributed by atoms with van der Waals surface area (Å²) in [5, 5.41) is 7.53. The summed E-state index contributed by atoms with van der Waals surface area (Å²) in [6.07, 6.45) is 8.07. The van der Waals surface area contributed by atoms with Gasteiger partial charge >= 0.3 is 0 Å². The number of halogens is 2. The molecule has 0 atom stereocenters. The fourth-order valence-corrected chi connectivity index (χ4v) is 2.33. The van der Waals surface area contributed by atoms with Gasteiger partial charge in [-0.3, -0.25) is 5.43 Å². The molecule has 0 aromatic rings. The van der Waals surface area contributed by atoms with Gasteiger partial charge in [-0.25, -0.2) is 0 Å². The maximum Gasteiger partial charge on any atom is 0.156 e. The molecule has 1 saturated carbocycles. The van der Waals surface area contributed by atoms with Crippen molar-refractivity contribution in [2.24, 2.45) is 5.10 Å². The first-order valence-electron chi connectivity index (χ1n) is 5.19. The molecule has 2 N–H and O–H groups in total. The second-order valence-corrected chi connectivity index (χ2v) is 4.54. The van der Waals surface area contributed by atoms with Crippen molar-refractivity contribution in [3.8, 4) is 0 Å². The Morgan fingerprint density at radius 2 is 2.13 bits per heavy atom. The van der Waals surface area contributed by atoms with Crippen molar-refractivity contribution in [1.82, 2.24) is 15.4 Å². The number of nitrogens with one attached hydrogen (secondary N) is 2. The molecule has 2 aliphatic rings. The Morgan fingerprint density at radius 1 is 1.40 bits per heavy atom. The van der Waals surface area contributed by atoms with Crippen LogP contribution in [0.1, 0.15) is 32.1 Å². The first-order chi connectivity index (χ1) is 7.24. The first kappa shape index (κ1) is 10.9. The standard InChI is InChI=1S/C9H14Cl2N4/c10-8-6-9(14-15(11)13-8)12-7-4-2-1-3-5-7/h6-7,12,14H,1-5H2. The van der Waals surface area contributed by atoms with Gasteiger partial charge in [-0.05, 0) is 12.8 Å². The molecule has 0 spiro atoms. The van der Waals surface area contributed by atoms with Crippen molar-refractivity contribution in [2.75, 3.05) is 0 Å². The van der Waals surface area contributed by atoms with Gasteiger partial charge in [-0.1, -0.05) is 30.9 Å². The molecule has 84 valence electrons. The van der Waals surface area contributed by atoms with Crippen LogP contribution in [0, 0.1) is 0 Å². The van der Waals surface area contributed by atoms with Crippen LogP contribution in [0.25, 0.3) is 0 Å². The molecule has 0 bridgehead atoms. The van der Waals surface area contributed by atoms with Gasteiger partial charge in [0.25, 0.3) is 0 Å². The molecule has 0 unspecified atom stereocenters. The van der Waals surface area contributed by atoms with E-state index >= 15 is 0 Å². The summed E-state index contributed by atoms with van der Waals surface area (Å²) < 4.78 is 1.09. The van der Waals surface area contributed by atoms with Gasteiger partial charge in [0.2, 0.25) is 0 Å². The number of hydrazone groups is 1. The van der Waals surface area contributed by atoms with Crippen molar-refractivity contribution in [3.63, 3.8) is 0 Å². The number of hydrazine groups is 1. The zero-order valence-electron chi connectivity index (χ0n) is 8.34. The molecule has 0 radical (unpaired) electrons. The number of nitrogens with zero attached hydrogens (tertiary/aromatic N) is 2.